The maximum atomic E-state index is 13.2. The summed E-state index contributed by atoms with van der Waals surface area (Å²) in [6.07, 6.45) is 3.63. The van der Waals surface area contributed by atoms with E-state index in [-0.39, 0.29) is 34.6 Å². The van der Waals surface area contributed by atoms with Crippen molar-refractivity contribution in [3.8, 4) is 17.3 Å². The van der Waals surface area contributed by atoms with E-state index in [0.29, 0.717) is 40.1 Å². The number of carbonyl (C=O) groups is 1. The number of nitrogens with zero attached hydrogens (tertiary/aromatic N) is 6. The van der Waals surface area contributed by atoms with E-state index >= 15 is 0 Å². The Bertz CT molecular complexity index is 1990. The predicted molar refractivity (Wildman–Crippen MR) is 186 cm³/mol. The van der Waals surface area contributed by atoms with Crippen LogP contribution in [0.2, 0.25) is 10.0 Å². The largest absolute Gasteiger partial charge is 0.497 e. The molecule has 13 heteroatoms. The van der Waals surface area contributed by atoms with Gasteiger partial charge in [0.25, 0.3) is 5.56 Å². The number of aromatic nitrogens is 5. The topological polar surface area (TPSA) is 125 Å². The number of hydrogen-bond acceptors (Lipinski definition) is 8. The molecule has 0 aliphatic heterocycles. The normalized spacial score (nSPS) is 11.9. The van der Waals surface area contributed by atoms with E-state index < -0.39 is 11.9 Å². The molecule has 0 fully saturated rings. The Morgan fingerprint density at radius 3 is 2.27 bits per heavy atom. The Labute approximate surface area is 288 Å². The maximum absolute atomic E-state index is 13.2. The number of rotatable bonds is 12. The first-order chi connectivity index (χ1) is 22.9. The van der Waals surface area contributed by atoms with Crippen molar-refractivity contribution in [2.45, 2.75) is 38.6 Å². The Hall–Kier alpha value is -4.87. The second-order valence-electron chi connectivity index (χ2n) is 11.8. The van der Waals surface area contributed by atoms with Crippen molar-refractivity contribution in [3.63, 3.8) is 0 Å². The molecule has 2 aromatic carbocycles. The molecule has 0 saturated heterocycles. The molecule has 3 heterocycles. The molecule has 0 amide bonds. The first kappa shape index (κ1) is 34.5. The molecule has 3 aromatic heterocycles. The summed E-state index contributed by atoms with van der Waals surface area (Å²) in [5.41, 5.74) is 3.48. The summed E-state index contributed by atoms with van der Waals surface area (Å²) >= 11 is 12.8. The summed E-state index contributed by atoms with van der Waals surface area (Å²) in [5.74, 6) is -0.555. The number of halogens is 2. The van der Waals surface area contributed by atoms with Gasteiger partial charge in [0.2, 0.25) is 11.8 Å². The van der Waals surface area contributed by atoms with Crippen LogP contribution in [-0.2, 0) is 13.0 Å². The van der Waals surface area contributed by atoms with Crippen molar-refractivity contribution >= 4 is 35.1 Å². The molecule has 1 unspecified atom stereocenters. The fourth-order valence-electron chi connectivity index (χ4n) is 5.68. The summed E-state index contributed by atoms with van der Waals surface area (Å²) < 4.78 is 14.0. The minimum atomic E-state index is -1.20. The van der Waals surface area contributed by atoms with E-state index in [1.165, 1.54) is 7.11 Å². The molecular weight excluding hydrogens is 655 g/mol. The molecule has 1 N–H and O–H groups in total. The lowest BCUT2D eigenvalue weighted by molar-refractivity contribution is 0.0688. The third-order valence-corrected chi connectivity index (χ3v) is 8.45. The highest BCUT2D eigenvalue weighted by molar-refractivity contribution is 6.30. The van der Waals surface area contributed by atoms with Gasteiger partial charge in [0.15, 0.2) is 5.69 Å². The average molecular weight is 692 g/mol. The zero-order chi connectivity index (χ0) is 34.7. The number of ether oxygens (including phenoxy) is 2. The zero-order valence-corrected chi connectivity index (χ0v) is 29.0. The summed E-state index contributed by atoms with van der Waals surface area (Å²) in [7, 11) is 6.70. The van der Waals surface area contributed by atoms with E-state index in [4.69, 9.17) is 32.7 Å². The molecule has 250 valence electrons. The summed E-state index contributed by atoms with van der Waals surface area (Å²) in [5, 5.41) is 15.8. The molecule has 0 radical (unpaired) electrons. The maximum Gasteiger partial charge on any atom is 0.356 e. The van der Waals surface area contributed by atoms with Gasteiger partial charge in [-0.2, -0.15) is 10.1 Å². The lowest BCUT2D eigenvalue weighted by atomic mass is 9.83. The van der Waals surface area contributed by atoms with Crippen LogP contribution in [0.5, 0.6) is 11.6 Å². The van der Waals surface area contributed by atoms with Crippen molar-refractivity contribution in [2.24, 2.45) is 0 Å². The number of anilines is 1. The SMILES string of the molecule is COc1ccc(Cn2cc(CC(c3ccc(Cl)cc3)c3c(C(=O)O)nn(-c4cnc(N(C)C)nc4OC)c3C(C)C)cc(Cl)c2=O)cc1. The van der Waals surface area contributed by atoms with E-state index in [1.807, 2.05) is 64.3 Å². The Balaban J connectivity index is 1.70. The minimum absolute atomic E-state index is 0.0528. The lowest BCUT2D eigenvalue weighted by Crippen LogP contribution is -2.22. The smallest absolute Gasteiger partial charge is 0.356 e. The van der Waals surface area contributed by atoms with E-state index in [9.17, 15) is 14.7 Å². The van der Waals surface area contributed by atoms with Crippen LogP contribution < -0.4 is 19.9 Å². The molecule has 1 atom stereocenters. The van der Waals surface area contributed by atoms with Crippen LogP contribution in [0.3, 0.4) is 0 Å². The van der Waals surface area contributed by atoms with E-state index in [2.05, 4.69) is 15.1 Å². The first-order valence-corrected chi connectivity index (χ1v) is 15.9. The summed E-state index contributed by atoms with van der Waals surface area (Å²) in [6, 6.07) is 16.3. The van der Waals surface area contributed by atoms with Gasteiger partial charge in [-0.1, -0.05) is 61.3 Å². The highest BCUT2D eigenvalue weighted by Crippen LogP contribution is 2.39. The van der Waals surface area contributed by atoms with Gasteiger partial charge in [-0.05, 0) is 59.4 Å². The molecule has 5 aromatic rings. The van der Waals surface area contributed by atoms with Crippen molar-refractivity contribution in [1.82, 2.24) is 24.3 Å². The number of hydrogen-bond donors (Lipinski definition) is 1. The van der Waals surface area contributed by atoms with Gasteiger partial charge in [0.05, 0.1) is 32.7 Å². The van der Waals surface area contributed by atoms with Gasteiger partial charge in [-0.3, -0.25) is 4.79 Å². The first-order valence-electron chi connectivity index (χ1n) is 15.1. The van der Waals surface area contributed by atoms with Crippen LogP contribution in [0.15, 0.2) is 71.8 Å². The second-order valence-corrected chi connectivity index (χ2v) is 12.6. The molecule has 0 aliphatic rings. The molecule has 5 rings (SSSR count). The number of benzene rings is 2. The quantitative estimate of drug-likeness (QED) is 0.157. The number of pyridine rings is 1. The summed E-state index contributed by atoms with van der Waals surface area (Å²) in [4.78, 5) is 36.8. The Morgan fingerprint density at radius 1 is 1.00 bits per heavy atom. The van der Waals surface area contributed by atoms with Gasteiger partial charge in [0, 0.05) is 36.8 Å². The van der Waals surface area contributed by atoms with Crippen molar-refractivity contribution in [1.29, 1.82) is 0 Å². The summed E-state index contributed by atoms with van der Waals surface area (Å²) in [6.45, 7) is 4.21. The van der Waals surface area contributed by atoms with Gasteiger partial charge >= 0.3 is 5.97 Å². The van der Waals surface area contributed by atoms with Crippen LogP contribution in [0.25, 0.3) is 5.69 Å². The number of aromatic carboxylic acids is 1. The van der Waals surface area contributed by atoms with Gasteiger partial charge in [-0.15, -0.1) is 0 Å². The van der Waals surface area contributed by atoms with E-state index in [1.54, 1.807) is 51.9 Å². The van der Waals surface area contributed by atoms with Crippen molar-refractivity contribution < 1.29 is 19.4 Å². The number of carboxylic acid groups (broad SMARTS) is 1. The van der Waals surface area contributed by atoms with Gasteiger partial charge in [-0.25, -0.2) is 14.5 Å². The number of carboxylic acids is 1. The predicted octanol–water partition coefficient (Wildman–Crippen LogP) is 6.46. The second kappa shape index (κ2) is 14.5. The molecular formula is C35H36Cl2N6O5. The molecule has 0 spiro atoms. The molecule has 0 saturated carbocycles. The number of methoxy groups -OCH3 is 2. The Morgan fingerprint density at radius 2 is 1.69 bits per heavy atom. The monoisotopic (exact) mass is 690 g/mol. The molecule has 0 aliphatic carbocycles. The van der Waals surface area contributed by atoms with Gasteiger partial charge in [0.1, 0.15) is 16.5 Å². The highest BCUT2D eigenvalue weighted by Gasteiger charge is 2.33. The minimum Gasteiger partial charge on any atom is -0.497 e. The standard InChI is InChI=1S/C35H36Cl2N6O5/c1-20(2)31-29(30(34(45)46)40-43(31)28-17-38-35(41(3)4)39-32(28)48-6)26(23-9-11-24(36)12-10-23)15-22-16-27(37)33(44)42(19-22)18-21-7-13-25(47-5)14-8-21/h7-14,16-17,19-20,26H,15,18H2,1-6H3,(H,45,46). The third-order valence-electron chi connectivity index (χ3n) is 7.92. The van der Waals surface area contributed by atoms with Crippen LogP contribution in [-0.4, -0.2) is 63.7 Å². The van der Waals surface area contributed by atoms with Crippen LogP contribution in [0.4, 0.5) is 5.95 Å². The molecule has 48 heavy (non-hydrogen) atoms. The van der Waals surface area contributed by atoms with Crippen LogP contribution in [0.1, 0.15) is 64.1 Å². The van der Waals surface area contributed by atoms with Gasteiger partial charge < -0.3 is 24.0 Å². The van der Waals surface area contributed by atoms with Crippen molar-refractivity contribution in [2.75, 3.05) is 33.2 Å². The van der Waals surface area contributed by atoms with Crippen LogP contribution >= 0.6 is 23.2 Å². The molecule has 11 nitrogen and oxygen atoms in total. The average Bonchev–Trinajstić information content (AvgIpc) is 3.47. The zero-order valence-electron chi connectivity index (χ0n) is 27.4. The highest BCUT2D eigenvalue weighted by atomic mass is 35.5. The lowest BCUT2D eigenvalue weighted by Gasteiger charge is -2.22. The van der Waals surface area contributed by atoms with Crippen molar-refractivity contribution in [3.05, 3.63) is 121 Å². The molecule has 0 bridgehead atoms. The Kier molecular flexibility index (Phi) is 10.4. The fraction of sp³-hybridized carbons (Fsp3) is 0.286. The van der Waals surface area contributed by atoms with Crippen LogP contribution in [0, 0.1) is 0 Å². The third kappa shape index (κ3) is 7.17. The van der Waals surface area contributed by atoms with E-state index in [0.717, 1.165) is 16.7 Å². The fourth-order valence-corrected chi connectivity index (χ4v) is 6.05.